The van der Waals surface area contributed by atoms with Gasteiger partial charge in [-0.05, 0) is 0 Å². The van der Waals surface area contributed by atoms with Crippen molar-refractivity contribution in [2.75, 3.05) is 11.9 Å². The van der Waals surface area contributed by atoms with E-state index in [-0.39, 0.29) is 11.3 Å². The molecule has 1 amide bonds. The maximum Gasteiger partial charge on any atom is 0.227 e. The molecule has 1 rings (SSSR count). The fourth-order valence-electron chi connectivity index (χ4n) is 0.988. The highest BCUT2D eigenvalue weighted by Crippen LogP contribution is 2.26. The molecule has 5 heteroatoms. The molecular weight excluding hydrogens is 210 g/mol. The zero-order valence-electron chi connectivity index (χ0n) is 9.33. The highest BCUT2D eigenvalue weighted by atomic mass is 32.1. The Balaban J connectivity index is 2.65. The van der Waals surface area contributed by atoms with Gasteiger partial charge < -0.3 is 11.1 Å². The lowest BCUT2D eigenvalue weighted by Gasteiger charge is -2.14. The van der Waals surface area contributed by atoms with Crippen molar-refractivity contribution in [1.29, 1.82) is 0 Å². The lowest BCUT2D eigenvalue weighted by molar-refractivity contribution is -0.116. The van der Waals surface area contributed by atoms with Crippen LogP contribution < -0.4 is 11.1 Å². The molecule has 4 nitrogen and oxygen atoms in total. The first-order chi connectivity index (χ1) is 6.93. The van der Waals surface area contributed by atoms with Gasteiger partial charge >= 0.3 is 0 Å². The molecule has 0 aliphatic rings. The molecule has 0 saturated carbocycles. The molecule has 15 heavy (non-hydrogen) atoms. The average Bonchev–Trinajstić information content (AvgIpc) is 2.52. The zero-order chi connectivity index (χ0) is 11.5. The first kappa shape index (κ1) is 12.1. The summed E-state index contributed by atoms with van der Waals surface area (Å²) in [6.07, 6.45) is 0.338. The van der Waals surface area contributed by atoms with E-state index in [1.54, 1.807) is 0 Å². The number of nitrogens with zero attached hydrogens (tertiary/aromatic N) is 1. The first-order valence-corrected chi connectivity index (χ1v) is 5.77. The lowest BCUT2D eigenvalue weighted by Crippen LogP contribution is -2.17. The lowest BCUT2D eigenvalue weighted by atomic mass is 9.93. The highest BCUT2D eigenvalue weighted by molar-refractivity contribution is 7.13. The summed E-state index contributed by atoms with van der Waals surface area (Å²) in [7, 11) is 0. The molecule has 0 bridgehead atoms. The normalized spacial score (nSPS) is 11.5. The molecular formula is C10H17N3OS. The van der Waals surface area contributed by atoms with Gasteiger partial charge in [-0.15, -0.1) is 11.3 Å². The van der Waals surface area contributed by atoms with Crippen molar-refractivity contribution in [3.8, 4) is 0 Å². The van der Waals surface area contributed by atoms with Gasteiger partial charge in [0, 0.05) is 23.8 Å². The molecule has 0 aliphatic heterocycles. The van der Waals surface area contributed by atoms with Crippen molar-refractivity contribution in [2.45, 2.75) is 32.6 Å². The standard InChI is InChI=1S/C10H17N3OS/c1-10(2,3)7-6-15-9(12-7)13-8(14)4-5-11/h6H,4-5,11H2,1-3H3,(H,12,13,14). The largest absolute Gasteiger partial charge is 0.330 e. The van der Waals surface area contributed by atoms with Crippen LogP contribution >= 0.6 is 11.3 Å². The fourth-order valence-corrected chi connectivity index (χ4v) is 1.94. The van der Waals surface area contributed by atoms with Crippen LogP contribution in [0.3, 0.4) is 0 Å². The molecule has 0 aromatic carbocycles. The number of carbonyl (C=O) groups is 1. The summed E-state index contributed by atoms with van der Waals surface area (Å²) in [5.74, 6) is -0.0766. The van der Waals surface area contributed by atoms with Gasteiger partial charge in [-0.25, -0.2) is 4.98 Å². The second-order valence-corrected chi connectivity index (χ2v) is 5.23. The Kier molecular flexibility index (Phi) is 3.82. The number of hydrogen-bond acceptors (Lipinski definition) is 4. The van der Waals surface area contributed by atoms with E-state index in [4.69, 9.17) is 5.73 Å². The van der Waals surface area contributed by atoms with Gasteiger partial charge in [-0.1, -0.05) is 20.8 Å². The molecule has 0 spiro atoms. The average molecular weight is 227 g/mol. The van der Waals surface area contributed by atoms with Gasteiger partial charge in [0.2, 0.25) is 5.91 Å². The van der Waals surface area contributed by atoms with E-state index in [0.717, 1.165) is 5.69 Å². The molecule has 1 aromatic rings. The minimum atomic E-state index is -0.0766. The van der Waals surface area contributed by atoms with Gasteiger partial charge in [0.05, 0.1) is 5.69 Å². The Morgan fingerprint density at radius 1 is 1.60 bits per heavy atom. The number of aromatic nitrogens is 1. The monoisotopic (exact) mass is 227 g/mol. The topological polar surface area (TPSA) is 68.0 Å². The smallest absolute Gasteiger partial charge is 0.227 e. The van der Waals surface area contributed by atoms with Crippen molar-refractivity contribution in [3.05, 3.63) is 11.1 Å². The molecule has 0 radical (unpaired) electrons. The van der Waals surface area contributed by atoms with Crippen LogP contribution in [-0.4, -0.2) is 17.4 Å². The van der Waals surface area contributed by atoms with Gasteiger partial charge in [0.1, 0.15) is 0 Å². The van der Waals surface area contributed by atoms with Gasteiger partial charge in [-0.3, -0.25) is 4.79 Å². The second-order valence-electron chi connectivity index (χ2n) is 4.37. The summed E-state index contributed by atoms with van der Waals surface area (Å²) in [4.78, 5) is 15.6. The van der Waals surface area contributed by atoms with Crippen LogP contribution in [0.2, 0.25) is 0 Å². The summed E-state index contributed by atoms with van der Waals surface area (Å²) < 4.78 is 0. The maximum atomic E-state index is 11.2. The Bertz CT molecular complexity index is 341. The number of thiazole rings is 1. The van der Waals surface area contributed by atoms with Gasteiger partial charge in [0.15, 0.2) is 5.13 Å². The zero-order valence-corrected chi connectivity index (χ0v) is 10.1. The second kappa shape index (κ2) is 4.72. The van der Waals surface area contributed by atoms with Gasteiger partial charge in [0.25, 0.3) is 0 Å². The molecule has 1 aromatic heterocycles. The number of nitrogens with two attached hydrogens (primary N) is 1. The van der Waals surface area contributed by atoms with Gasteiger partial charge in [-0.2, -0.15) is 0 Å². The molecule has 0 atom stereocenters. The van der Waals surface area contributed by atoms with E-state index in [1.807, 2.05) is 5.38 Å². The number of carbonyl (C=O) groups excluding carboxylic acids is 1. The summed E-state index contributed by atoms with van der Waals surface area (Å²) in [5, 5.41) is 5.35. The number of hydrogen-bond donors (Lipinski definition) is 2. The van der Waals surface area contributed by atoms with Crippen LogP contribution in [0.15, 0.2) is 5.38 Å². The van der Waals surface area contributed by atoms with Crippen LogP contribution in [0, 0.1) is 0 Å². The summed E-state index contributed by atoms with van der Waals surface area (Å²) in [6, 6.07) is 0. The summed E-state index contributed by atoms with van der Waals surface area (Å²) >= 11 is 1.45. The number of anilines is 1. The predicted molar refractivity (Wildman–Crippen MR) is 63.1 cm³/mol. The van der Waals surface area contributed by atoms with Crippen LogP contribution in [0.4, 0.5) is 5.13 Å². The molecule has 0 aliphatic carbocycles. The van der Waals surface area contributed by atoms with E-state index >= 15 is 0 Å². The third-order valence-electron chi connectivity index (χ3n) is 1.89. The Morgan fingerprint density at radius 3 is 2.73 bits per heavy atom. The predicted octanol–water partition coefficient (Wildman–Crippen LogP) is 1.73. The first-order valence-electron chi connectivity index (χ1n) is 4.89. The number of rotatable bonds is 3. The SMILES string of the molecule is CC(C)(C)c1csc(NC(=O)CCN)n1. The highest BCUT2D eigenvalue weighted by Gasteiger charge is 2.17. The van der Waals surface area contributed by atoms with E-state index in [9.17, 15) is 4.79 Å². The maximum absolute atomic E-state index is 11.2. The third-order valence-corrected chi connectivity index (χ3v) is 2.65. The summed E-state index contributed by atoms with van der Waals surface area (Å²) in [6.45, 7) is 6.64. The van der Waals surface area contributed by atoms with Crippen LogP contribution in [0.25, 0.3) is 0 Å². The molecule has 84 valence electrons. The Morgan fingerprint density at radius 2 is 2.27 bits per heavy atom. The van der Waals surface area contributed by atoms with Crippen molar-refractivity contribution in [1.82, 2.24) is 4.98 Å². The molecule has 3 N–H and O–H groups in total. The van der Waals surface area contributed by atoms with E-state index in [1.165, 1.54) is 11.3 Å². The molecule has 0 saturated heterocycles. The van der Waals surface area contributed by atoms with Crippen LogP contribution in [0.5, 0.6) is 0 Å². The van der Waals surface area contributed by atoms with Crippen LogP contribution in [-0.2, 0) is 10.2 Å². The summed E-state index contributed by atoms with van der Waals surface area (Å²) in [5.41, 5.74) is 6.30. The minimum Gasteiger partial charge on any atom is -0.330 e. The van der Waals surface area contributed by atoms with Crippen LogP contribution in [0.1, 0.15) is 32.9 Å². The fraction of sp³-hybridized carbons (Fsp3) is 0.600. The van der Waals surface area contributed by atoms with E-state index < -0.39 is 0 Å². The Labute approximate surface area is 93.9 Å². The van der Waals surface area contributed by atoms with E-state index in [0.29, 0.717) is 18.1 Å². The quantitative estimate of drug-likeness (QED) is 0.826. The molecule has 1 heterocycles. The molecule has 0 unspecified atom stereocenters. The number of amides is 1. The van der Waals surface area contributed by atoms with Crippen molar-refractivity contribution >= 4 is 22.4 Å². The van der Waals surface area contributed by atoms with Crippen molar-refractivity contribution in [3.63, 3.8) is 0 Å². The van der Waals surface area contributed by atoms with E-state index in [2.05, 4.69) is 31.1 Å². The minimum absolute atomic E-state index is 0.0212. The van der Waals surface area contributed by atoms with Crippen molar-refractivity contribution < 1.29 is 4.79 Å². The van der Waals surface area contributed by atoms with Crippen molar-refractivity contribution in [2.24, 2.45) is 5.73 Å². The number of nitrogens with one attached hydrogen (secondary N) is 1. The third kappa shape index (κ3) is 3.60. The molecule has 0 fully saturated rings. The Hall–Kier alpha value is -0.940.